The SMILES string of the molecule is C=NN(N=C)c1ccccc1C=O.CN1CCCC(C(N)=O)C1. The van der Waals surface area contributed by atoms with Crippen LogP contribution in [0.3, 0.4) is 0 Å². The molecule has 1 aliphatic rings. The van der Waals surface area contributed by atoms with E-state index in [0.29, 0.717) is 11.3 Å². The summed E-state index contributed by atoms with van der Waals surface area (Å²) in [5.41, 5.74) is 6.24. The van der Waals surface area contributed by atoms with Crippen LogP contribution in [0, 0.1) is 5.92 Å². The number of amides is 1. The number of piperidine rings is 1. The zero-order chi connectivity index (χ0) is 17.2. The van der Waals surface area contributed by atoms with Gasteiger partial charge in [0.25, 0.3) is 0 Å². The highest BCUT2D eigenvalue weighted by Gasteiger charge is 2.21. The molecule has 1 unspecified atom stereocenters. The lowest BCUT2D eigenvalue weighted by molar-refractivity contribution is -0.123. The molecule has 0 aromatic heterocycles. The van der Waals surface area contributed by atoms with Crippen LogP contribution in [0.5, 0.6) is 0 Å². The summed E-state index contributed by atoms with van der Waals surface area (Å²) in [6.07, 6.45) is 2.81. The Morgan fingerprint density at radius 2 is 2.04 bits per heavy atom. The van der Waals surface area contributed by atoms with E-state index in [1.807, 2.05) is 7.05 Å². The molecule has 1 fully saturated rings. The smallest absolute Gasteiger partial charge is 0.221 e. The molecule has 124 valence electrons. The fourth-order valence-corrected chi connectivity index (χ4v) is 2.37. The maximum Gasteiger partial charge on any atom is 0.221 e. The van der Waals surface area contributed by atoms with Crippen LogP contribution < -0.4 is 10.9 Å². The fourth-order valence-electron chi connectivity index (χ4n) is 2.37. The third-order valence-corrected chi connectivity index (χ3v) is 3.57. The van der Waals surface area contributed by atoms with Gasteiger partial charge in [-0.2, -0.15) is 15.3 Å². The molecule has 0 bridgehead atoms. The second-order valence-electron chi connectivity index (χ2n) is 5.25. The maximum absolute atomic E-state index is 10.7. The Labute approximate surface area is 136 Å². The van der Waals surface area contributed by atoms with E-state index in [2.05, 4.69) is 28.5 Å². The minimum absolute atomic E-state index is 0.0961. The lowest BCUT2D eigenvalue weighted by Crippen LogP contribution is -2.38. The van der Waals surface area contributed by atoms with Gasteiger partial charge in [-0.3, -0.25) is 9.59 Å². The van der Waals surface area contributed by atoms with Gasteiger partial charge in [0.05, 0.1) is 11.6 Å². The number of nitrogens with two attached hydrogens (primary N) is 1. The second-order valence-corrected chi connectivity index (χ2v) is 5.25. The Balaban J connectivity index is 0.000000238. The summed E-state index contributed by atoms with van der Waals surface area (Å²) in [7, 11) is 2.02. The minimum atomic E-state index is -0.147. The van der Waals surface area contributed by atoms with Gasteiger partial charge in [-0.15, -0.1) is 0 Å². The summed E-state index contributed by atoms with van der Waals surface area (Å²) in [4.78, 5) is 23.5. The summed E-state index contributed by atoms with van der Waals surface area (Å²) in [6.45, 7) is 8.56. The molecule has 2 N–H and O–H groups in total. The number of hydrogen-bond acceptors (Lipinski definition) is 6. The first-order valence-corrected chi connectivity index (χ1v) is 7.29. The minimum Gasteiger partial charge on any atom is -0.369 e. The monoisotopic (exact) mass is 317 g/mol. The first-order valence-electron chi connectivity index (χ1n) is 7.29. The number of primary amides is 1. The van der Waals surface area contributed by atoms with Gasteiger partial charge >= 0.3 is 0 Å². The molecule has 7 heteroatoms. The molecule has 1 saturated heterocycles. The van der Waals surface area contributed by atoms with Gasteiger partial charge in [0.2, 0.25) is 5.91 Å². The van der Waals surface area contributed by atoms with Crippen molar-refractivity contribution >= 4 is 31.3 Å². The normalized spacial score (nSPS) is 17.3. The quantitative estimate of drug-likeness (QED) is 0.504. The van der Waals surface area contributed by atoms with Gasteiger partial charge < -0.3 is 10.6 Å². The molecule has 0 saturated carbocycles. The summed E-state index contributed by atoms with van der Waals surface area (Å²) in [5, 5.41) is 8.36. The zero-order valence-electron chi connectivity index (χ0n) is 13.4. The van der Waals surface area contributed by atoms with E-state index in [9.17, 15) is 9.59 Å². The van der Waals surface area contributed by atoms with E-state index in [1.54, 1.807) is 24.3 Å². The van der Waals surface area contributed by atoms with Gasteiger partial charge in [-0.1, -0.05) is 12.1 Å². The number of hydrazone groups is 2. The first-order chi connectivity index (χ1) is 11.0. The first kappa shape index (κ1) is 18.5. The van der Waals surface area contributed by atoms with Crippen molar-refractivity contribution < 1.29 is 9.59 Å². The van der Waals surface area contributed by atoms with Gasteiger partial charge in [0.1, 0.15) is 0 Å². The van der Waals surface area contributed by atoms with Gasteiger partial charge in [0.15, 0.2) is 6.29 Å². The number of carbonyl (C=O) groups is 2. The van der Waals surface area contributed by atoms with Crippen molar-refractivity contribution in [2.45, 2.75) is 12.8 Å². The van der Waals surface area contributed by atoms with E-state index in [0.717, 1.165) is 32.2 Å². The van der Waals surface area contributed by atoms with Crippen LogP contribution in [-0.2, 0) is 4.79 Å². The van der Waals surface area contributed by atoms with Crippen LogP contribution in [0.1, 0.15) is 23.2 Å². The molecule has 1 amide bonds. The summed E-state index contributed by atoms with van der Waals surface area (Å²) >= 11 is 0. The number of aldehydes is 1. The van der Waals surface area contributed by atoms with Crippen LogP contribution in [-0.4, -0.2) is 50.7 Å². The summed E-state index contributed by atoms with van der Waals surface area (Å²) in [5.74, 6) is -0.0506. The lowest BCUT2D eigenvalue weighted by atomic mass is 9.98. The van der Waals surface area contributed by atoms with Crippen molar-refractivity contribution in [2.75, 3.05) is 25.3 Å². The molecule has 1 aromatic carbocycles. The third-order valence-electron chi connectivity index (χ3n) is 3.57. The number of rotatable bonds is 5. The fraction of sp³-hybridized carbons (Fsp3) is 0.375. The van der Waals surface area contributed by atoms with E-state index < -0.39 is 0 Å². The molecule has 1 aromatic rings. The van der Waals surface area contributed by atoms with E-state index in [1.165, 1.54) is 5.12 Å². The number of nitrogens with zero attached hydrogens (tertiary/aromatic N) is 4. The highest BCUT2D eigenvalue weighted by atomic mass is 16.1. The number of benzene rings is 1. The predicted octanol–water partition coefficient (Wildman–Crippen LogP) is 1.35. The molecule has 0 radical (unpaired) electrons. The topological polar surface area (TPSA) is 91.4 Å². The standard InChI is InChI=1S/C9H9N3O.C7H14N2O/c1-10-12(11-2)9-6-4-3-5-8(9)7-13;1-9-4-2-3-6(5-9)7(8)10/h3-7H,1-2H2;6H,2-5H2,1H3,(H2,8,10). The van der Waals surface area contributed by atoms with Crippen LogP contribution in [0.15, 0.2) is 34.5 Å². The lowest BCUT2D eigenvalue weighted by Gasteiger charge is -2.27. The molecule has 0 spiro atoms. The van der Waals surface area contributed by atoms with Crippen molar-refractivity contribution in [3.63, 3.8) is 0 Å². The van der Waals surface area contributed by atoms with Gasteiger partial charge in [-0.25, -0.2) is 0 Å². The maximum atomic E-state index is 10.7. The molecular formula is C16H23N5O2. The average Bonchev–Trinajstić information content (AvgIpc) is 2.57. The molecular weight excluding hydrogens is 294 g/mol. The zero-order valence-corrected chi connectivity index (χ0v) is 13.4. The molecule has 1 atom stereocenters. The van der Waals surface area contributed by atoms with Crippen LogP contribution in [0.2, 0.25) is 0 Å². The van der Waals surface area contributed by atoms with Crippen molar-refractivity contribution in [1.82, 2.24) is 4.90 Å². The average molecular weight is 317 g/mol. The Hall–Kier alpha value is -2.54. The predicted molar refractivity (Wildman–Crippen MR) is 92.8 cm³/mol. The van der Waals surface area contributed by atoms with Gasteiger partial charge in [-0.05, 0) is 38.6 Å². The van der Waals surface area contributed by atoms with E-state index >= 15 is 0 Å². The summed E-state index contributed by atoms with van der Waals surface area (Å²) < 4.78 is 0. The van der Waals surface area contributed by atoms with Crippen LogP contribution in [0.25, 0.3) is 0 Å². The highest BCUT2D eigenvalue weighted by Crippen LogP contribution is 2.18. The number of hydrogen-bond donors (Lipinski definition) is 1. The van der Waals surface area contributed by atoms with Crippen molar-refractivity contribution in [3.05, 3.63) is 29.8 Å². The Morgan fingerprint density at radius 1 is 1.39 bits per heavy atom. The Morgan fingerprint density at radius 3 is 2.52 bits per heavy atom. The van der Waals surface area contributed by atoms with E-state index in [4.69, 9.17) is 5.73 Å². The number of para-hydroxylation sites is 1. The molecule has 1 aliphatic heterocycles. The van der Waals surface area contributed by atoms with Crippen molar-refractivity contribution in [3.8, 4) is 0 Å². The number of anilines is 1. The number of carbonyl (C=O) groups excluding carboxylic acids is 2. The molecule has 1 heterocycles. The Bertz CT molecular complexity index is 553. The van der Waals surface area contributed by atoms with E-state index in [-0.39, 0.29) is 11.8 Å². The van der Waals surface area contributed by atoms with Crippen LogP contribution >= 0.6 is 0 Å². The summed E-state index contributed by atoms with van der Waals surface area (Å²) in [6, 6.07) is 6.93. The van der Waals surface area contributed by atoms with Crippen molar-refractivity contribution in [2.24, 2.45) is 21.9 Å². The van der Waals surface area contributed by atoms with Crippen LogP contribution in [0.4, 0.5) is 5.69 Å². The van der Waals surface area contributed by atoms with Crippen molar-refractivity contribution in [1.29, 1.82) is 0 Å². The molecule has 2 rings (SSSR count). The molecule has 23 heavy (non-hydrogen) atoms. The van der Waals surface area contributed by atoms with Gasteiger partial charge in [0, 0.05) is 25.5 Å². The largest absolute Gasteiger partial charge is 0.369 e. The molecule has 7 nitrogen and oxygen atoms in total. The third kappa shape index (κ3) is 5.63. The number of likely N-dealkylation sites (tertiary alicyclic amines) is 1. The highest BCUT2D eigenvalue weighted by molar-refractivity contribution is 5.84. The second kappa shape index (κ2) is 9.47. The molecule has 0 aliphatic carbocycles. The Kier molecular flexibility index (Phi) is 7.62.